The highest BCUT2D eigenvalue weighted by atomic mass is 19.1. The first-order valence-electron chi connectivity index (χ1n) is 6.93. The predicted molar refractivity (Wildman–Crippen MR) is 74.1 cm³/mol. The van der Waals surface area contributed by atoms with E-state index in [1.807, 2.05) is 0 Å². The minimum absolute atomic E-state index is 0.0690. The van der Waals surface area contributed by atoms with Crippen LogP contribution < -0.4 is 0 Å². The van der Waals surface area contributed by atoms with Crippen molar-refractivity contribution in [1.29, 1.82) is 0 Å². The fraction of sp³-hybridized carbons (Fsp3) is 0.533. The van der Waals surface area contributed by atoms with Crippen molar-refractivity contribution < 1.29 is 18.7 Å². The highest BCUT2D eigenvalue weighted by Crippen LogP contribution is 2.23. The maximum absolute atomic E-state index is 13.7. The minimum Gasteiger partial charge on any atom is -0.458 e. The molecule has 1 aliphatic rings. The SMILES string of the molecule is CC(C)(C)OC(=O)[C@H]1CCCN1C(=O)c1ccncc1F. The number of pyridine rings is 1. The average molecular weight is 294 g/mol. The summed E-state index contributed by atoms with van der Waals surface area (Å²) in [5, 5.41) is 0. The normalized spacial score (nSPS) is 18.7. The number of rotatable bonds is 2. The van der Waals surface area contributed by atoms with E-state index in [9.17, 15) is 14.0 Å². The standard InChI is InChI=1S/C15H19FN2O3/c1-15(2,3)21-14(20)12-5-4-8-18(12)13(19)10-6-7-17-9-11(10)16/h6-7,9,12H,4-5,8H2,1-3H3/t12-/m1/s1. The summed E-state index contributed by atoms with van der Waals surface area (Å²) in [5.74, 6) is -1.62. The number of aromatic nitrogens is 1. The summed E-state index contributed by atoms with van der Waals surface area (Å²) < 4.78 is 19.0. The maximum atomic E-state index is 13.7. The third-order valence-electron chi connectivity index (χ3n) is 3.20. The summed E-state index contributed by atoms with van der Waals surface area (Å²) in [6.45, 7) is 5.74. The van der Waals surface area contributed by atoms with Gasteiger partial charge in [0.05, 0.1) is 11.8 Å². The van der Waals surface area contributed by atoms with E-state index < -0.39 is 29.3 Å². The molecule has 2 heterocycles. The number of likely N-dealkylation sites (tertiary alicyclic amines) is 1. The van der Waals surface area contributed by atoms with Gasteiger partial charge in [-0.05, 0) is 39.7 Å². The van der Waals surface area contributed by atoms with Crippen LogP contribution in [0.2, 0.25) is 0 Å². The van der Waals surface area contributed by atoms with E-state index in [0.29, 0.717) is 19.4 Å². The molecule has 2 rings (SSSR count). The molecule has 0 N–H and O–H groups in total. The second-order valence-electron chi connectivity index (χ2n) is 6.05. The number of amides is 1. The van der Waals surface area contributed by atoms with Crippen LogP contribution >= 0.6 is 0 Å². The molecular weight excluding hydrogens is 275 g/mol. The number of nitrogens with zero attached hydrogens (tertiary/aromatic N) is 2. The fourth-order valence-corrected chi connectivity index (χ4v) is 2.33. The Bertz CT molecular complexity index is 554. The van der Waals surface area contributed by atoms with Crippen LogP contribution in [0.25, 0.3) is 0 Å². The third kappa shape index (κ3) is 3.56. The number of carbonyl (C=O) groups excluding carboxylic acids is 2. The van der Waals surface area contributed by atoms with Crippen LogP contribution in [0.1, 0.15) is 44.0 Å². The molecule has 114 valence electrons. The summed E-state index contributed by atoms with van der Waals surface area (Å²) in [7, 11) is 0. The van der Waals surface area contributed by atoms with Gasteiger partial charge in [-0.25, -0.2) is 9.18 Å². The molecule has 5 nitrogen and oxygen atoms in total. The second kappa shape index (κ2) is 5.79. The van der Waals surface area contributed by atoms with Gasteiger partial charge in [-0.2, -0.15) is 0 Å². The smallest absolute Gasteiger partial charge is 0.329 e. The highest BCUT2D eigenvalue weighted by molar-refractivity contribution is 5.97. The largest absolute Gasteiger partial charge is 0.458 e. The second-order valence-corrected chi connectivity index (χ2v) is 6.05. The molecule has 0 radical (unpaired) electrons. The Kier molecular flexibility index (Phi) is 4.25. The van der Waals surface area contributed by atoms with Gasteiger partial charge in [0.15, 0.2) is 5.82 Å². The van der Waals surface area contributed by atoms with Crippen molar-refractivity contribution in [2.75, 3.05) is 6.54 Å². The van der Waals surface area contributed by atoms with Gasteiger partial charge < -0.3 is 9.64 Å². The van der Waals surface area contributed by atoms with E-state index in [-0.39, 0.29) is 5.56 Å². The summed E-state index contributed by atoms with van der Waals surface area (Å²) in [5.41, 5.74) is -0.684. The van der Waals surface area contributed by atoms with Gasteiger partial charge >= 0.3 is 5.97 Å². The molecule has 1 amide bonds. The number of esters is 1. The topological polar surface area (TPSA) is 59.5 Å². The Morgan fingerprint density at radius 2 is 2.14 bits per heavy atom. The third-order valence-corrected chi connectivity index (χ3v) is 3.20. The molecule has 0 aliphatic carbocycles. The zero-order valence-electron chi connectivity index (χ0n) is 12.4. The molecule has 6 heteroatoms. The molecular formula is C15H19FN2O3. The van der Waals surface area contributed by atoms with Crippen molar-refractivity contribution in [1.82, 2.24) is 9.88 Å². The lowest BCUT2D eigenvalue weighted by atomic mass is 10.1. The number of hydrogen-bond acceptors (Lipinski definition) is 4. The van der Waals surface area contributed by atoms with Crippen molar-refractivity contribution in [3.8, 4) is 0 Å². The van der Waals surface area contributed by atoms with Crippen LogP contribution in [0.4, 0.5) is 4.39 Å². The Morgan fingerprint density at radius 1 is 1.43 bits per heavy atom. The van der Waals surface area contributed by atoms with E-state index >= 15 is 0 Å². The van der Waals surface area contributed by atoms with Crippen molar-refractivity contribution in [3.05, 3.63) is 29.8 Å². The van der Waals surface area contributed by atoms with E-state index in [2.05, 4.69) is 4.98 Å². The Morgan fingerprint density at radius 3 is 2.76 bits per heavy atom. The van der Waals surface area contributed by atoms with E-state index in [1.54, 1.807) is 20.8 Å². The van der Waals surface area contributed by atoms with Crippen LogP contribution in [0.5, 0.6) is 0 Å². The van der Waals surface area contributed by atoms with Gasteiger partial charge in [0, 0.05) is 12.7 Å². The maximum Gasteiger partial charge on any atom is 0.329 e. The first-order valence-corrected chi connectivity index (χ1v) is 6.93. The van der Waals surface area contributed by atoms with Gasteiger partial charge in [0.25, 0.3) is 5.91 Å². The average Bonchev–Trinajstić information content (AvgIpc) is 2.85. The summed E-state index contributed by atoms with van der Waals surface area (Å²) in [4.78, 5) is 29.6. The molecule has 0 unspecified atom stereocenters. The Labute approximate surface area is 123 Å². The zero-order valence-corrected chi connectivity index (χ0v) is 12.4. The highest BCUT2D eigenvalue weighted by Gasteiger charge is 2.37. The van der Waals surface area contributed by atoms with Crippen LogP contribution in [-0.4, -0.2) is 39.9 Å². The van der Waals surface area contributed by atoms with Crippen LogP contribution in [-0.2, 0) is 9.53 Å². The van der Waals surface area contributed by atoms with Gasteiger partial charge in [-0.15, -0.1) is 0 Å². The lowest BCUT2D eigenvalue weighted by Gasteiger charge is -2.27. The summed E-state index contributed by atoms with van der Waals surface area (Å²) in [6, 6.07) is 0.673. The number of halogens is 1. The number of carbonyl (C=O) groups is 2. The van der Waals surface area contributed by atoms with Crippen LogP contribution in [0, 0.1) is 5.82 Å². The lowest BCUT2D eigenvalue weighted by molar-refractivity contribution is -0.159. The van der Waals surface area contributed by atoms with Crippen molar-refractivity contribution in [3.63, 3.8) is 0 Å². The zero-order chi connectivity index (χ0) is 15.6. The minimum atomic E-state index is -0.683. The summed E-state index contributed by atoms with van der Waals surface area (Å²) in [6.07, 6.45) is 3.58. The van der Waals surface area contributed by atoms with E-state index in [1.165, 1.54) is 17.2 Å². The molecule has 0 aromatic carbocycles. The predicted octanol–water partition coefficient (Wildman–Crippen LogP) is 2.17. The van der Waals surface area contributed by atoms with Crippen molar-refractivity contribution in [2.24, 2.45) is 0 Å². The molecule has 0 bridgehead atoms. The molecule has 1 atom stereocenters. The Balaban J connectivity index is 2.17. The molecule has 0 spiro atoms. The molecule has 0 saturated carbocycles. The quantitative estimate of drug-likeness (QED) is 0.784. The summed E-state index contributed by atoms with van der Waals surface area (Å²) >= 11 is 0. The molecule has 1 aromatic heterocycles. The van der Waals surface area contributed by atoms with E-state index in [0.717, 1.165) is 6.20 Å². The Hall–Kier alpha value is -1.98. The molecule has 1 saturated heterocycles. The van der Waals surface area contributed by atoms with Crippen LogP contribution in [0.15, 0.2) is 18.5 Å². The van der Waals surface area contributed by atoms with Gasteiger partial charge in [-0.3, -0.25) is 9.78 Å². The fourth-order valence-electron chi connectivity index (χ4n) is 2.33. The first kappa shape index (κ1) is 15.4. The monoisotopic (exact) mass is 294 g/mol. The molecule has 21 heavy (non-hydrogen) atoms. The van der Waals surface area contributed by atoms with Crippen molar-refractivity contribution >= 4 is 11.9 Å². The van der Waals surface area contributed by atoms with Gasteiger partial charge in [0.1, 0.15) is 11.6 Å². The number of ether oxygens (including phenoxy) is 1. The van der Waals surface area contributed by atoms with Gasteiger partial charge in [0.2, 0.25) is 0 Å². The lowest BCUT2D eigenvalue weighted by Crippen LogP contribution is -2.43. The molecule has 1 aromatic rings. The molecule has 1 fully saturated rings. The first-order chi connectivity index (χ1) is 9.79. The van der Waals surface area contributed by atoms with Crippen LogP contribution in [0.3, 0.4) is 0 Å². The number of hydrogen-bond donors (Lipinski definition) is 0. The van der Waals surface area contributed by atoms with Crippen molar-refractivity contribution in [2.45, 2.75) is 45.3 Å². The van der Waals surface area contributed by atoms with E-state index in [4.69, 9.17) is 4.74 Å². The van der Waals surface area contributed by atoms with Gasteiger partial charge in [-0.1, -0.05) is 0 Å². The molecule has 1 aliphatic heterocycles.